The van der Waals surface area contributed by atoms with Gasteiger partial charge in [0.15, 0.2) is 0 Å². The fraction of sp³-hybridized carbons (Fsp3) is 0.400. The predicted molar refractivity (Wildman–Crippen MR) is 69.3 cm³/mol. The zero-order chi connectivity index (χ0) is 14.9. The monoisotopic (exact) mass is 274 g/mol. The van der Waals surface area contributed by atoms with Gasteiger partial charge in [-0.25, -0.2) is 0 Å². The number of imide groups is 1. The predicted octanol–water partition coefficient (Wildman–Crippen LogP) is -0.0915. The third-order valence-corrected chi connectivity index (χ3v) is 3.71. The number of hydrogen-bond donors (Lipinski definition) is 0. The first-order valence-electron chi connectivity index (χ1n) is 6.50. The van der Waals surface area contributed by atoms with E-state index in [1.807, 2.05) is 31.2 Å². The number of hydrogen-bond acceptors (Lipinski definition) is 4. The van der Waals surface area contributed by atoms with Crippen LogP contribution >= 0.6 is 0 Å². The molecule has 0 N–H and O–H groups in total. The maximum atomic E-state index is 12.1. The summed E-state index contributed by atoms with van der Waals surface area (Å²) < 4.78 is 0. The Bertz CT molecular complexity index is 549. The first kappa shape index (κ1) is 14.2. The van der Waals surface area contributed by atoms with E-state index in [-0.39, 0.29) is 0 Å². The third kappa shape index (κ3) is 2.71. The van der Waals surface area contributed by atoms with Crippen molar-refractivity contribution in [3.8, 4) is 0 Å². The van der Waals surface area contributed by atoms with Crippen LogP contribution in [0.5, 0.6) is 0 Å². The molecular formula is C15H16NO4-. The highest BCUT2D eigenvalue weighted by Crippen LogP contribution is 2.28. The van der Waals surface area contributed by atoms with Crippen LogP contribution in [0.4, 0.5) is 0 Å². The number of likely N-dealkylation sites (tertiary alicyclic amines) is 1. The molecule has 0 aliphatic carbocycles. The molecular weight excluding hydrogens is 258 g/mol. The molecule has 2 atom stereocenters. The lowest BCUT2D eigenvalue weighted by Gasteiger charge is -2.15. The molecule has 2 amide bonds. The topological polar surface area (TPSA) is 77.5 Å². The first-order valence-corrected chi connectivity index (χ1v) is 6.50. The summed E-state index contributed by atoms with van der Waals surface area (Å²) in [4.78, 5) is 35.5. The third-order valence-electron chi connectivity index (χ3n) is 3.71. The SMILES string of the molecule is Cc1ccc(C[C@@H]2C(=O)N(CC(=O)[O-])C(=O)[C@H]2C)cc1. The van der Waals surface area contributed by atoms with Crippen LogP contribution < -0.4 is 5.11 Å². The number of carboxylic acids is 1. The fourth-order valence-electron chi connectivity index (χ4n) is 2.47. The summed E-state index contributed by atoms with van der Waals surface area (Å²) in [7, 11) is 0. The molecule has 20 heavy (non-hydrogen) atoms. The number of aryl methyl sites for hydroxylation is 1. The second kappa shape index (κ2) is 5.45. The van der Waals surface area contributed by atoms with Crippen molar-refractivity contribution < 1.29 is 19.5 Å². The zero-order valence-electron chi connectivity index (χ0n) is 11.5. The highest BCUT2D eigenvalue weighted by atomic mass is 16.4. The molecule has 1 aromatic carbocycles. The van der Waals surface area contributed by atoms with E-state index in [0.717, 1.165) is 16.0 Å². The Hall–Kier alpha value is -2.17. The number of rotatable bonds is 4. The van der Waals surface area contributed by atoms with Crippen LogP contribution in [0.25, 0.3) is 0 Å². The van der Waals surface area contributed by atoms with Gasteiger partial charge in [0.25, 0.3) is 0 Å². The number of carbonyl (C=O) groups is 3. The van der Waals surface area contributed by atoms with Crippen LogP contribution in [0.15, 0.2) is 24.3 Å². The highest BCUT2D eigenvalue weighted by molar-refractivity contribution is 6.06. The number of carboxylic acid groups (broad SMARTS) is 1. The molecule has 0 aromatic heterocycles. The van der Waals surface area contributed by atoms with E-state index >= 15 is 0 Å². The summed E-state index contributed by atoms with van der Waals surface area (Å²) in [5.74, 6) is -3.27. The highest BCUT2D eigenvalue weighted by Gasteiger charge is 2.44. The number of carbonyl (C=O) groups excluding carboxylic acids is 3. The maximum Gasteiger partial charge on any atom is 0.233 e. The van der Waals surface area contributed by atoms with Crippen LogP contribution in [-0.4, -0.2) is 29.2 Å². The second-order valence-electron chi connectivity index (χ2n) is 5.22. The van der Waals surface area contributed by atoms with Gasteiger partial charge in [0.05, 0.1) is 18.4 Å². The van der Waals surface area contributed by atoms with Crippen molar-refractivity contribution in [2.45, 2.75) is 20.3 Å². The molecule has 1 aliphatic rings. The summed E-state index contributed by atoms with van der Waals surface area (Å²) in [6, 6.07) is 7.73. The number of amides is 2. The molecule has 0 bridgehead atoms. The molecule has 0 spiro atoms. The lowest BCUT2D eigenvalue weighted by Crippen LogP contribution is -2.41. The van der Waals surface area contributed by atoms with Crippen LogP contribution in [0.2, 0.25) is 0 Å². The van der Waals surface area contributed by atoms with Crippen molar-refractivity contribution in [1.29, 1.82) is 0 Å². The van der Waals surface area contributed by atoms with Crippen molar-refractivity contribution in [2.24, 2.45) is 11.8 Å². The molecule has 2 rings (SSSR count). The number of benzene rings is 1. The average Bonchev–Trinajstić information content (AvgIpc) is 2.58. The van der Waals surface area contributed by atoms with E-state index in [1.54, 1.807) is 6.92 Å². The van der Waals surface area contributed by atoms with Crippen LogP contribution in [-0.2, 0) is 20.8 Å². The van der Waals surface area contributed by atoms with Crippen LogP contribution in [0.1, 0.15) is 18.1 Å². The summed E-state index contributed by atoms with van der Waals surface area (Å²) >= 11 is 0. The Morgan fingerprint density at radius 2 is 1.80 bits per heavy atom. The van der Waals surface area contributed by atoms with Gasteiger partial charge in [-0.2, -0.15) is 0 Å². The smallest absolute Gasteiger partial charge is 0.233 e. The van der Waals surface area contributed by atoms with Gasteiger partial charge in [0.2, 0.25) is 11.8 Å². The quantitative estimate of drug-likeness (QED) is 0.719. The summed E-state index contributed by atoms with van der Waals surface area (Å²) in [5, 5.41) is 10.6. The minimum absolute atomic E-state index is 0.424. The molecule has 1 fully saturated rings. The van der Waals surface area contributed by atoms with Gasteiger partial charge in [-0.1, -0.05) is 36.8 Å². The molecule has 5 nitrogen and oxygen atoms in total. The van der Waals surface area contributed by atoms with E-state index in [2.05, 4.69) is 0 Å². The lowest BCUT2D eigenvalue weighted by atomic mass is 9.90. The van der Waals surface area contributed by atoms with E-state index in [0.29, 0.717) is 6.42 Å². The van der Waals surface area contributed by atoms with Crippen molar-refractivity contribution >= 4 is 17.8 Å². The zero-order valence-corrected chi connectivity index (χ0v) is 11.5. The molecule has 1 heterocycles. The van der Waals surface area contributed by atoms with Gasteiger partial charge in [-0.3, -0.25) is 14.5 Å². The molecule has 0 unspecified atom stereocenters. The first-order chi connectivity index (χ1) is 9.40. The average molecular weight is 274 g/mol. The Balaban J connectivity index is 2.16. The van der Waals surface area contributed by atoms with Gasteiger partial charge in [-0.15, -0.1) is 0 Å². The maximum absolute atomic E-state index is 12.1. The van der Waals surface area contributed by atoms with Gasteiger partial charge in [-0.05, 0) is 18.9 Å². The Morgan fingerprint density at radius 1 is 1.20 bits per heavy atom. The van der Waals surface area contributed by atoms with Crippen LogP contribution in [0, 0.1) is 18.8 Å². The number of aliphatic carboxylic acids is 1. The van der Waals surface area contributed by atoms with Crippen molar-refractivity contribution in [3.05, 3.63) is 35.4 Å². The summed E-state index contributed by atoms with van der Waals surface area (Å²) in [6.45, 7) is 2.97. The minimum Gasteiger partial charge on any atom is -0.548 e. The van der Waals surface area contributed by atoms with Gasteiger partial charge < -0.3 is 9.90 Å². The molecule has 1 aromatic rings. The molecule has 5 heteroatoms. The van der Waals surface area contributed by atoms with Crippen molar-refractivity contribution in [3.63, 3.8) is 0 Å². The number of nitrogens with zero attached hydrogens (tertiary/aromatic N) is 1. The van der Waals surface area contributed by atoms with Crippen molar-refractivity contribution in [2.75, 3.05) is 6.54 Å². The minimum atomic E-state index is -1.42. The van der Waals surface area contributed by atoms with Crippen LogP contribution in [0.3, 0.4) is 0 Å². The Labute approximate surface area is 117 Å². The molecule has 106 valence electrons. The second-order valence-corrected chi connectivity index (χ2v) is 5.22. The Kier molecular flexibility index (Phi) is 3.88. The van der Waals surface area contributed by atoms with Crippen molar-refractivity contribution in [1.82, 2.24) is 4.90 Å². The molecule has 0 saturated carbocycles. The van der Waals surface area contributed by atoms with E-state index < -0.39 is 36.2 Å². The van der Waals surface area contributed by atoms with E-state index in [9.17, 15) is 19.5 Å². The summed E-state index contributed by atoms with van der Waals surface area (Å²) in [5.41, 5.74) is 2.08. The molecule has 1 aliphatic heterocycles. The summed E-state index contributed by atoms with van der Waals surface area (Å²) in [6.07, 6.45) is 0.440. The van der Waals surface area contributed by atoms with E-state index in [4.69, 9.17) is 0 Å². The lowest BCUT2D eigenvalue weighted by molar-refractivity contribution is -0.305. The van der Waals surface area contributed by atoms with E-state index in [1.165, 1.54) is 0 Å². The Morgan fingerprint density at radius 3 is 2.35 bits per heavy atom. The fourth-order valence-corrected chi connectivity index (χ4v) is 2.47. The standard InChI is InChI=1S/C15H17NO4/c1-9-3-5-11(6-4-9)7-12-10(2)14(19)16(15(12)20)8-13(17)18/h3-6,10,12H,7-8H2,1-2H3,(H,17,18)/p-1/t10-,12-/m0/s1. The molecule has 1 saturated heterocycles. The molecule has 0 radical (unpaired) electrons. The largest absolute Gasteiger partial charge is 0.548 e. The van der Waals surface area contributed by atoms with Gasteiger partial charge >= 0.3 is 0 Å². The van der Waals surface area contributed by atoms with Gasteiger partial charge in [0, 0.05) is 5.92 Å². The van der Waals surface area contributed by atoms with Gasteiger partial charge in [0.1, 0.15) is 0 Å². The normalized spacial score (nSPS) is 22.4.